The molecular weight excluding hydrogens is 406 g/mol. The van der Waals surface area contributed by atoms with Crippen LogP contribution in [0.4, 0.5) is 0 Å². The monoisotopic (exact) mass is 421 g/mol. The zero-order valence-electron chi connectivity index (χ0n) is 15.7. The second-order valence-corrected chi connectivity index (χ2v) is 6.95. The minimum atomic E-state index is -1.01. The van der Waals surface area contributed by atoms with E-state index in [0.29, 0.717) is 32.8 Å². The molecule has 0 bridgehead atoms. The molecule has 0 aliphatic carbocycles. The minimum Gasteiger partial charge on any atom is -0.491 e. The number of fused-ring (bicyclic) bond motifs is 1. The van der Waals surface area contributed by atoms with Crippen molar-refractivity contribution in [2.75, 3.05) is 6.61 Å². The lowest BCUT2D eigenvalue weighted by Crippen LogP contribution is -2.23. The largest absolute Gasteiger partial charge is 0.491 e. The van der Waals surface area contributed by atoms with E-state index in [1.165, 1.54) is 23.2 Å². The summed E-state index contributed by atoms with van der Waals surface area (Å²) in [5, 5.41) is 10.2. The van der Waals surface area contributed by atoms with Gasteiger partial charge in [-0.05, 0) is 42.0 Å². The SMILES string of the molecule is O=C(O)c1cccc(-c2cc(Cl)ccc2OCCn2cnc3ccncc3c2=O)c1. The molecule has 0 atom stereocenters. The average Bonchev–Trinajstić information content (AvgIpc) is 2.76. The fraction of sp³-hybridized carbons (Fsp3) is 0.0909. The highest BCUT2D eigenvalue weighted by atomic mass is 35.5. The van der Waals surface area contributed by atoms with E-state index in [4.69, 9.17) is 16.3 Å². The smallest absolute Gasteiger partial charge is 0.335 e. The van der Waals surface area contributed by atoms with Crippen LogP contribution in [0.1, 0.15) is 10.4 Å². The predicted octanol–water partition coefficient (Wildman–Crippen LogP) is 3.89. The number of pyridine rings is 1. The molecule has 150 valence electrons. The molecule has 0 radical (unpaired) electrons. The Hall–Kier alpha value is -3.71. The summed E-state index contributed by atoms with van der Waals surface area (Å²) in [6, 6.07) is 13.3. The first-order valence-electron chi connectivity index (χ1n) is 9.08. The van der Waals surface area contributed by atoms with Crippen LogP contribution in [0.5, 0.6) is 5.75 Å². The Kier molecular flexibility index (Phi) is 5.45. The number of nitrogens with zero attached hydrogens (tertiary/aromatic N) is 3. The van der Waals surface area contributed by atoms with Crippen LogP contribution in [-0.2, 0) is 6.54 Å². The van der Waals surface area contributed by atoms with Gasteiger partial charge in [-0.3, -0.25) is 14.3 Å². The number of hydrogen-bond donors (Lipinski definition) is 1. The molecule has 0 amide bonds. The Labute approximate surface area is 176 Å². The predicted molar refractivity (Wildman–Crippen MR) is 113 cm³/mol. The van der Waals surface area contributed by atoms with Crippen molar-refractivity contribution in [3.63, 3.8) is 0 Å². The van der Waals surface area contributed by atoms with Crippen molar-refractivity contribution in [3.05, 3.63) is 88.2 Å². The quantitative estimate of drug-likeness (QED) is 0.507. The summed E-state index contributed by atoms with van der Waals surface area (Å²) < 4.78 is 7.37. The molecule has 0 aliphatic rings. The van der Waals surface area contributed by atoms with Gasteiger partial charge in [-0.2, -0.15) is 0 Å². The van der Waals surface area contributed by atoms with Crippen LogP contribution in [-0.4, -0.2) is 32.2 Å². The van der Waals surface area contributed by atoms with E-state index in [0.717, 1.165) is 0 Å². The Bertz CT molecular complexity index is 1300. The Morgan fingerprint density at radius 2 is 2.03 bits per heavy atom. The minimum absolute atomic E-state index is 0.167. The van der Waals surface area contributed by atoms with Gasteiger partial charge in [0.1, 0.15) is 12.4 Å². The summed E-state index contributed by atoms with van der Waals surface area (Å²) in [5.41, 5.74) is 1.90. The van der Waals surface area contributed by atoms with Crippen molar-refractivity contribution in [2.24, 2.45) is 0 Å². The van der Waals surface area contributed by atoms with Crippen molar-refractivity contribution in [3.8, 4) is 16.9 Å². The number of halogens is 1. The fourth-order valence-electron chi connectivity index (χ4n) is 3.09. The normalized spacial score (nSPS) is 10.8. The summed E-state index contributed by atoms with van der Waals surface area (Å²) in [5.74, 6) is -0.482. The average molecular weight is 422 g/mol. The van der Waals surface area contributed by atoms with Crippen molar-refractivity contribution in [1.29, 1.82) is 0 Å². The van der Waals surface area contributed by atoms with Gasteiger partial charge in [0.15, 0.2) is 0 Å². The molecule has 0 saturated carbocycles. The maximum absolute atomic E-state index is 12.6. The fourth-order valence-corrected chi connectivity index (χ4v) is 3.26. The number of benzene rings is 2. The van der Waals surface area contributed by atoms with Gasteiger partial charge in [-0.1, -0.05) is 23.7 Å². The van der Waals surface area contributed by atoms with Gasteiger partial charge in [0.2, 0.25) is 0 Å². The van der Waals surface area contributed by atoms with Crippen molar-refractivity contribution in [1.82, 2.24) is 14.5 Å². The van der Waals surface area contributed by atoms with Crippen LogP contribution in [0.3, 0.4) is 0 Å². The van der Waals surface area contributed by atoms with Gasteiger partial charge in [0, 0.05) is 23.0 Å². The second kappa shape index (κ2) is 8.34. The molecule has 30 heavy (non-hydrogen) atoms. The number of aromatic nitrogens is 3. The maximum Gasteiger partial charge on any atom is 0.335 e. The standard InChI is InChI=1S/C22H16ClN3O4/c23-16-4-5-20(17(11-16)14-2-1-3-15(10-14)22(28)29)30-9-8-26-13-25-19-6-7-24-12-18(19)21(26)27/h1-7,10-13H,8-9H2,(H,28,29). The lowest BCUT2D eigenvalue weighted by molar-refractivity contribution is 0.0697. The summed E-state index contributed by atoms with van der Waals surface area (Å²) in [7, 11) is 0. The van der Waals surface area contributed by atoms with Gasteiger partial charge in [-0.15, -0.1) is 0 Å². The van der Waals surface area contributed by atoms with Gasteiger partial charge in [0.05, 0.1) is 29.3 Å². The van der Waals surface area contributed by atoms with Crippen molar-refractivity contribution in [2.45, 2.75) is 6.54 Å². The van der Waals surface area contributed by atoms with E-state index < -0.39 is 5.97 Å². The molecule has 1 N–H and O–H groups in total. The van der Waals surface area contributed by atoms with E-state index in [1.54, 1.807) is 48.7 Å². The molecular formula is C22H16ClN3O4. The Morgan fingerprint density at radius 3 is 2.87 bits per heavy atom. The zero-order chi connectivity index (χ0) is 21.1. The summed E-state index contributed by atoms with van der Waals surface area (Å²) in [6.45, 7) is 0.495. The molecule has 4 aromatic rings. The summed E-state index contributed by atoms with van der Waals surface area (Å²) in [4.78, 5) is 32.1. The van der Waals surface area contributed by atoms with Crippen LogP contribution < -0.4 is 10.3 Å². The van der Waals surface area contributed by atoms with E-state index in [1.807, 2.05) is 0 Å². The lowest BCUT2D eigenvalue weighted by atomic mass is 10.0. The molecule has 0 spiro atoms. The molecule has 2 heterocycles. The summed E-state index contributed by atoms with van der Waals surface area (Å²) >= 11 is 6.14. The first-order chi connectivity index (χ1) is 14.5. The highest BCUT2D eigenvalue weighted by Gasteiger charge is 2.11. The van der Waals surface area contributed by atoms with Crippen LogP contribution in [0.15, 0.2) is 72.0 Å². The molecule has 0 aliphatic heterocycles. The molecule has 0 unspecified atom stereocenters. The third-order valence-corrected chi connectivity index (χ3v) is 4.81. The molecule has 8 heteroatoms. The van der Waals surface area contributed by atoms with E-state index in [2.05, 4.69) is 9.97 Å². The second-order valence-electron chi connectivity index (χ2n) is 6.51. The molecule has 2 aromatic heterocycles. The van der Waals surface area contributed by atoms with Gasteiger partial charge in [0.25, 0.3) is 5.56 Å². The lowest BCUT2D eigenvalue weighted by Gasteiger charge is -2.13. The van der Waals surface area contributed by atoms with Crippen molar-refractivity contribution >= 4 is 28.5 Å². The number of aromatic carboxylic acids is 1. The Balaban J connectivity index is 1.58. The van der Waals surface area contributed by atoms with E-state index in [-0.39, 0.29) is 24.3 Å². The number of carbonyl (C=O) groups is 1. The van der Waals surface area contributed by atoms with Gasteiger partial charge < -0.3 is 9.84 Å². The number of carboxylic acids is 1. The molecule has 0 saturated heterocycles. The maximum atomic E-state index is 12.6. The zero-order valence-corrected chi connectivity index (χ0v) is 16.4. The summed E-state index contributed by atoms with van der Waals surface area (Å²) in [6.07, 6.45) is 4.56. The first kappa shape index (κ1) is 19.6. The first-order valence-corrected chi connectivity index (χ1v) is 9.46. The molecule has 7 nitrogen and oxygen atoms in total. The molecule has 0 fully saturated rings. The van der Waals surface area contributed by atoms with Crippen LogP contribution in [0, 0.1) is 0 Å². The highest BCUT2D eigenvalue weighted by molar-refractivity contribution is 6.31. The van der Waals surface area contributed by atoms with Gasteiger partial charge >= 0.3 is 5.97 Å². The third kappa shape index (κ3) is 4.01. The topological polar surface area (TPSA) is 94.3 Å². The molecule has 4 rings (SSSR count). The number of ether oxygens (including phenoxy) is 1. The molecule has 2 aromatic carbocycles. The van der Waals surface area contributed by atoms with E-state index >= 15 is 0 Å². The van der Waals surface area contributed by atoms with Crippen LogP contribution in [0.25, 0.3) is 22.0 Å². The van der Waals surface area contributed by atoms with Crippen molar-refractivity contribution < 1.29 is 14.6 Å². The van der Waals surface area contributed by atoms with Gasteiger partial charge in [-0.25, -0.2) is 9.78 Å². The number of hydrogen-bond acceptors (Lipinski definition) is 5. The third-order valence-electron chi connectivity index (χ3n) is 4.58. The highest BCUT2D eigenvalue weighted by Crippen LogP contribution is 2.33. The van der Waals surface area contributed by atoms with E-state index in [9.17, 15) is 14.7 Å². The Morgan fingerprint density at radius 1 is 1.17 bits per heavy atom. The number of carboxylic acid groups (broad SMARTS) is 1. The van der Waals surface area contributed by atoms with Crippen LogP contribution in [0.2, 0.25) is 5.02 Å². The van der Waals surface area contributed by atoms with Crippen LogP contribution >= 0.6 is 11.6 Å². The number of rotatable bonds is 6.